The Labute approximate surface area is 303 Å². The third-order valence-electron chi connectivity index (χ3n) is 9.89. The molecule has 0 saturated heterocycles. The van der Waals surface area contributed by atoms with Gasteiger partial charge in [-0.25, -0.2) is 9.97 Å². The molecular formula is C44H29N5Pt. The average Bonchev–Trinajstić information content (AvgIpc) is 3.82. The number of nitrogens with zero attached hydrogens (tertiary/aromatic N) is 5. The van der Waals surface area contributed by atoms with Crippen LogP contribution in [0.4, 0.5) is 0 Å². The van der Waals surface area contributed by atoms with E-state index in [0.717, 1.165) is 83.3 Å². The molecule has 10 rings (SSSR count). The van der Waals surface area contributed by atoms with Gasteiger partial charge in [-0.05, 0) is 83.0 Å². The molecule has 0 radical (unpaired) electrons. The number of benzene rings is 6. The van der Waals surface area contributed by atoms with Crippen molar-refractivity contribution in [2.24, 2.45) is 0 Å². The second-order valence-corrected chi connectivity index (χ2v) is 12.7. The molecule has 0 fully saturated rings. The van der Waals surface area contributed by atoms with E-state index in [4.69, 9.17) is 15.0 Å². The topological polar surface area (TPSA) is 49.7 Å². The minimum absolute atomic E-state index is 0. The van der Waals surface area contributed by atoms with E-state index < -0.39 is 0 Å². The molecule has 5 nitrogen and oxygen atoms in total. The summed E-state index contributed by atoms with van der Waals surface area (Å²) in [4.78, 5) is 15.4. The van der Waals surface area contributed by atoms with Crippen LogP contribution in [-0.4, -0.2) is 19.1 Å². The first-order valence-corrected chi connectivity index (χ1v) is 16.5. The van der Waals surface area contributed by atoms with Gasteiger partial charge in [0.25, 0.3) is 0 Å². The summed E-state index contributed by atoms with van der Waals surface area (Å²) in [5.74, 6) is 1.73. The number of imidazole rings is 1. The summed E-state index contributed by atoms with van der Waals surface area (Å²) < 4.78 is 4.50. The van der Waals surface area contributed by atoms with Crippen molar-refractivity contribution in [1.82, 2.24) is 24.1 Å². The predicted octanol–water partition coefficient (Wildman–Crippen LogP) is 10.5. The van der Waals surface area contributed by atoms with Crippen LogP contribution < -0.4 is 4.98 Å². The van der Waals surface area contributed by atoms with Crippen LogP contribution in [0.2, 0.25) is 0 Å². The first kappa shape index (κ1) is 30.3. The zero-order valence-corrected chi connectivity index (χ0v) is 29.6. The zero-order chi connectivity index (χ0) is 32.6. The zero-order valence-electron chi connectivity index (χ0n) is 27.3. The minimum Gasteiger partial charge on any atom is -0.656 e. The van der Waals surface area contributed by atoms with E-state index in [9.17, 15) is 0 Å². The number of pyridine rings is 1. The van der Waals surface area contributed by atoms with Gasteiger partial charge in [-0.3, -0.25) is 4.57 Å². The van der Waals surface area contributed by atoms with Crippen molar-refractivity contribution in [3.05, 3.63) is 157 Å². The first-order chi connectivity index (χ1) is 24.1. The molecule has 0 atom stereocenters. The summed E-state index contributed by atoms with van der Waals surface area (Å²) in [6.07, 6.45) is 1.84. The fraction of sp³-hybridized carbons (Fsp3) is 0.0455. The molecular weight excluding hydrogens is 794 g/mol. The van der Waals surface area contributed by atoms with Crippen LogP contribution in [0.25, 0.3) is 88.7 Å². The molecule has 0 aliphatic heterocycles. The number of para-hydroxylation sites is 4. The van der Waals surface area contributed by atoms with Crippen LogP contribution in [0.3, 0.4) is 0 Å². The molecule has 4 heterocycles. The molecule has 6 heteroatoms. The molecule has 0 amide bonds. The third-order valence-corrected chi connectivity index (χ3v) is 9.89. The van der Waals surface area contributed by atoms with E-state index in [2.05, 4.69) is 138 Å². The second kappa shape index (κ2) is 11.7. The number of hydrogen-bond acceptors (Lipinski definition) is 2. The third kappa shape index (κ3) is 4.50. The van der Waals surface area contributed by atoms with Gasteiger partial charge < -0.3 is 9.55 Å². The van der Waals surface area contributed by atoms with Crippen LogP contribution in [0.15, 0.2) is 140 Å². The van der Waals surface area contributed by atoms with Gasteiger partial charge in [-0.1, -0.05) is 95.9 Å². The summed E-state index contributed by atoms with van der Waals surface area (Å²) in [6, 6.07) is 50.6. The van der Waals surface area contributed by atoms with Crippen LogP contribution in [-0.2, 0) is 21.1 Å². The largest absolute Gasteiger partial charge is 2.00 e. The fourth-order valence-corrected chi connectivity index (χ4v) is 7.38. The molecule has 0 N–H and O–H groups in total. The van der Waals surface area contributed by atoms with Crippen LogP contribution in [0.1, 0.15) is 11.1 Å². The Bertz CT molecular complexity index is 2910. The Morgan fingerprint density at radius 2 is 1.36 bits per heavy atom. The minimum atomic E-state index is 0. The maximum absolute atomic E-state index is 5.50. The van der Waals surface area contributed by atoms with E-state index in [1.807, 2.05) is 30.5 Å². The van der Waals surface area contributed by atoms with Crippen molar-refractivity contribution in [2.75, 3.05) is 0 Å². The second-order valence-electron chi connectivity index (χ2n) is 12.7. The van der Waals surface area contributed by atoms with E-state index in [0.29, 0.717) is 0 Å². The molecule has 0 aliphatic rings. The molecule has 50 heavy (non-hydrogen) atoms. The summed E-state index contributed by atoms with van der Waals surface area (Å²) in [6.45, 7) is 4.32. The standard InChI is InChI=1S/C44H29N5.Pt/c1-27-20-22-30(25-28(27)2)48-39-18-10-13-31(43(39)47-44(48)36-15-9-14-35-32-11-3-5-16-37(32)46-42(35)36)29-21-23-34-33-12-4-6-17-38(33)49(40(34)26-29)41-19-7-8-24-45-41;/h3-25H,1-2H3;/q-2;+2. The summed E-state index contributed by atoms with van der Waals surface area (Å²) in [7, 11) is 0. The van der Waals surface area contributed by atoms with Gasteiger partial charge in [0.05, 0.1) is 11.0 Å². The van der Waals surface area contributed by atoms with Crippen molar-refractivity contribution < 1.29 is 21.1 Å². The van der Waals surface area contributed by atoms with E-state index in [1.54, 1.807) is 0 Å². The van der Waals surface area contributed by atoms with Crippen molar-refractivity contribution in [1.29, 1.82) is 0 Å². The summed E-state index contributed by atoms with van der Waals surface area (Å²) in [5, 5.41) is 4.60. The van der Waals surface area contributed by atoms with Gasteiger partial charge in [0.1, 0.15) is 11.6 Å². The molecule has 0 aliphatic carbocycles. The van der Waals surface area contributed by atoms with Crippen molar-refractivity contribution in [3.8, 4) is 34.0 Å². The van der Waals surface area contributed by atoms with Gasteiger partial charge in [-0.15, -0.1) is 34.8 Å². The molecule has 6 aromatic carbocycles. The monoisotopic (exact) mass is 822 g/mol. The van der Waals surface area contributed by atoms with Gasteiger partial charge in [-0.2, -0.15) is 0 Å². The number of hydrogen-bond donors (Lipinski definition) is 0. The molecule has 4 aromatic heterocycles. The fourth-order valence-electron chi connectivity index (χ4n) is 7.38. The molecule has 0 saturated carbocycles. The molecule has 240 valence electrons. The molecule has 10 aromatic rings. The van der Waals surface area contributed by atoms with Gasteiger partial charge >= 0.3 is 21.1 Å². The van der Waals surface area contributed by atoms with Crippen molar-refractivity contribution >= 4 is 54.6 Å². The van der Waals surface area contributed by atoms with E-state index in [1.165, 1.54) is 16.5 Å². The normalized spacial score (nSPS) is 11.6. The number of rotatable bonds is 4. The first-order valence-electron chi connectivity index (χ1n) is 16.5. The quantitative estimate of drug-likeness (QED) is 0.166. The van der Waals surface area contributed by atoms with Crippen LogP contribution >= 0.6 is 0 Å². The van der Waals surface area contributed by atoms with E-state index >= 15 is 0 Å². The van der Waals surface area contributed by atoms with Crippen LogP contribution in [0, 0.1) is 19.9 Å². The molecule has 0 bridgehead atoms. The smallest absolute Gasteiger partial charge is 0.656 e. The average molecular weight is 823 g/mol. The number of aryl methyl sites for hydroxylation is 2. The molecule has 0 spiro atoms. The SMILES string of the molecule is Cc1ccc(-n2c(-c3cccc4c3[n-]c3ccccc34)nc3c(-c4[c-]c5c(cc4)c4ccccc4n5-c4ccccn4)cccc32)cc1C.[Pt+2]. The Kier molecular flexibility index (Phi) is 7.08. The Morgan fingerprint density at radius 3 is 2.22 bits per heavy atom. The van der Waals surface area contributed by atoms with Gasteiger partial charge in [0.15, 0.2) is 0 Å². The van der Waals surface area contributed by atoms with Crippen molar-refractivity contribution in [3.63, 3.8) is 0 Å². The maximum atomic E-state index is 5.50. The van der Waals surface area contributed by atoms with E-state index in [-0.39, 0.29) is 21.1 Å². The maximum Gasteiger partial charge on any atom is 2.00 e. The summed E-state index contributed by atoms with van der Waals surface area (Å²) in [5.41, 5.74) is 12.5. The number of aromatic nitrogens is 5. The molecule has 0 unspecified atom stereocenters. The Hall–Kier alpha value is -5.77. The predicted molar refractivity (Wildman–Crippen MR) is 201 cm³/mol. The Balaban J connectivity index is 0.00000336. The van der Waals surface area contributed by atoms with Crippen molar-refractivity contribution in [2.45, 2.75) is 13.8 Å². The summed E-state index contributed by atoms with van der Waals surface area (Å²) >= 11 is 0. The Morgan fingerprint density at radius 1 is 0.600 bits per heavy atom. The number of fused-ring (bicyclic) bond motifs is 7. The van der Waals surface area contributed by atoms with Crippen LogP contribution in [0.5, 0.6) is 0 Å². The van der Waals surface area contributed by atoms with Gasteiger partial charge in [0.2, 0.25) is 0 Å². The van der Waals surface area contributed by atoms with Gasteiger partial charge in [0, 0.05) is 23.0 Å².